The van der Waals surface area contributed by atoms with Crippen LogP contribution in [0.15, 0.2) is 22.7 Å². The monoisotopic (exact) mass is 373 g/mol. The Morgan fingerprint density at radius 1 is 1.38 bits per heavy atom. The van der Waals surface area contributed by atoms with Crippen molar-refractivity contribution in [3.63, 3.8) is 0 Å². The molecule has 1 amide bonds. The van der Waals surface area contributed by atoms with Crippen LogP contribution in [-0.2, 0) is 9.59 Å². The minimum atomic E-state index is -0.888. The van der Waals surface area contributed by atoms with Crippen LogP contribution in [0.5, 0.6) is 0 Å². The summed E-state index contributed by atoms with van der Waals surface area (Å²) < 4.78 is 0.681. The molecule has 0 aromatic heterocycles. The number of carboxylic acid groups (broad SMARTS) is 1. The lowest BCUT2D eigenvalue weighted by atomic mass is 9.95. The van der Waals surface area contributed by atoms with Gasteiger partial charge in [0.1, 0.15) is 0 Å². The average molecular weight is 375 g/mol. The fourth-order valence-corrected chi connectivity index (χ4v) is 3.64. The van der Waals surface area contributed by atoms with E-state index >= 15 is 0 Å². The van der Waals surface area contributed by atoms with Gasteiger partial charge in [-0.05, 0) is 52.9 Å². The Morgan fingerprint density at radius 2 is 2.05 bits per heavy atom. The number of anilines is 1. The summed E-state index contributed by atoms with van der Waals surface area (Å²) in [6, 6.07) is 5.07. The molecule has 1 aromatic carbocycles. The number of benzene rings is 1. The highest BCUT2D eigenvalue weighted by Gasteiger charge is 2.42. The topological polar surface area (TPSA) is 66.4 Å². The van der Waals surface area contributed by atoms with E-state index < -0.39 is 17.8 Å². The Morgan fingerprint density at radius 3 is 2.62 bits per heavy atom. The summed E-state index contributed by atoms with van der Waals surface area (Å²) in [4.78, 5) is 23.7. The highest BCUT2D eigenvalue weighted by molar-refractivity contribution is 9.10. The molecule has 0 aliphatic heterocycles. The van der Waals surface area contributed by atoms with Crippen LogP contribution < -0.4 is 5.32 Å². The predicted octanol–water partition coefficient (Wildman–Crippen LogP) is 4.18. The molecular weight excluding hydrogens is 358 g/mol. The van der Waals surface area contributed by atoms with Gasteiger partial charge < -0.3 is 10.4 Å². The molecule has 1 aromatic rings. The van der Waals surface area contributed by atoms with Gasteiger partial charge in [-0.15, -0.1) is 0 Å². The molecule has 2 N–H and O–H groups in total. The quantitative estimate of drug-likeness (QED) is 0.831. The maximum atomic E-state index is 12.4. The first-order valence-corrected chi connectivity index (χ1v) is 8.08. The normalized spacial score (nSPS) is 24.8. The van der Waals surface area contributed by atoms with E-state index in [4.69, 9.17) is 11.6 Å². The Labute approximate surface area is 137 Å². The van der Waals surface area contributed by atoms with E-state index in [2.05, 4.69) is 21.2 Å². The molecule has 3 atom stereocenters. The number of hydrogen-bond acceptors (Lipinski definition) is 2. The molecule has 4 nitrogen and oxygen atoms in total. The second kappa shape index (κ2) is 6.79. The number of rotatable bonds is 4. The van der Waals surface area contributed by atoms with Gasteiger partial charge in [0, 0.05) is 9.50 Å². The maximum Gasteiger partial charge on any atom is 0.307 e. The third-order valence-corrected chi connectivity index (χ3v) is 4.97. The number of carbonyl (C=O) groups excluding carboxylic acids is 1. The zero-order valence-electron chi connectivity index (χ0n) is 11.6. The van der Waals surface area contributed by atoms with Crippen molar-refractivity contribution in [2.24, 2.45) is 17.8 Å². The Balaban J connectivity index is 2.13. The summed E-state index contributed by atoms with van der Waals surface area (Å²) in [7, 11) is 0. The molecule has 6 heteroatoms. The van der Waals surface area contributed by atoms with E-state index in [0.717, 1.165) is 6.42 Å². The maximum absolute atomic E-state index is 12.4. The standard InChI is InChI=1S/C15H17BrClNO3/c1-2-8-5-10(11(6-8)15(20)21)14(19)18-13-4-3-9(17)7-12(13)16/h3-4,7-8,10-11H,2,5-6H2,1H3,(H,18,19)(H,20,21)/t8?,10-,11+/m0/s1. The molecule has 1 fully saturated rings. The highest BCUT2D eigenvalue weighted by atomic mass is 79.9. The molecule has 1 aliphatic rings. The van der Waals surface area contributed by atoms with Gasteiger partial charge in [-0.2, -0.15) is 0 Å². The summed E-state index contributed by atoms with van der Waals surface area (Å²) >= 11 is 9.20. The number of amides is 1. The van der Waals surface area contributed by atoms with Crippen LogP contribution >= 0.6 is 27.5 Å². The van der Waals surface area contributed by atoms with Crippen molar-refractivity contribution in [2.75, 3.05) is 5.32 Å². The van der Waals surface area contributed by atoms with Gasteiger partial charge in [-0.1, -0.05) is 24.9 Å². The van der Waals surface area contributed by atoms with Gasteiger partial charge in [-0.25, -0.2) is 0 Å². The van der Waals surface area contributed by atoms with E-state index in [-0.39, 0.29) is 5.91 Å². The van der Waals surface area contributed by atoms with Crippen LogP contribution in [0.1, 0.15) is 26.2 Å². The van der Waals surface area contributed by atoms with Crippen LogP contribution in [0.3, 0.4) is 0 Å². The third-order valence-electron chi connectivity index (χ3n) is 4.08. The molecule has 1 aliphatic carbocycles. The van der Waals surface area contributed by atoms with Crippen molar-refractivity contribution >= 4 is 45.1 Å². The number of carbonyl (C=O) groups is 2. The Kier molecular flexibility index (Phi) is 5.27. The zero-order chi connectivity index (χ0) is 15.6. The minimum Gasteiger partial charge on any atom is -0.481 e. The number of nitrogens with one attached hydrogen (secondary N) is 1. The van der Waals surface area contributed by atoms with Gasteiger partial charge in [0.25, 0.3) is 0 Å². The van der Waals surface area contributed by atoms with Crippen LogP contribution in [0.4, 0.5) is 5.69 Å². The molecule has 1 saturated carbocycles. The lowest BCUT2D eigenvalue weighted by Gasteiger charge is -2.16. The van der Waals surface area contributed by atoms with Gasteiger partial charge in [-0.3, -0.25) is 9.59 Å². The SMILES string of the molecule is CCC1C[C@H](C(=O)Nc2ccc(Cl)cc2Br)[C@H](C(=O)O)C1. The molecule has 0 radical (unpaired) electrons. The van der Waals surface area contributed by atoms with Crippen LogP contribution in [0.25, 0.3) is 0 Å². The van der Waals surface area contributed by atoms with Crippen LogP contribution in [0, 0.1) is 17.8 Å². The second-order valence-electron chi connectivity index (χ2n) is 5.41. The van der Waals surface area contributed by atoms with Crippen molar-refractivity contribution in [1.82, 2.24) is 0 Å². The first-order valence-electron chi connectivity index (χ1n) is 6.91. The van der Waals surface area contributed by atoms with Gasteiger partial charge in [0.05, 0.1) is 17.5 Å². The first kappa shape index (κ1) is 16.3. The van der Waals surface area contributed by atoms with Crippen molar-refractivity contribution in [3.05, 3.63) is 27.7 Å². The van der Waals surface area contributed by atoms with Crippen molar-refractivity contribution in [3.8, 4) is 0 Å². The van der Waals surface area contributed by atoms with Crippen molar-refractivity contribution in [2.45, 2.75) is 26.2 Å². The molecule has 1 unspecified atom stereocenters. The molecule has 2 rings (SSSR count). The van der Waals surface area contributed by atoms with Crippen LogP contribution in [-0.4, -0.2) is 17.0 Å². The lowest BCUT2D eigenvalue weighted by molar-refractivity contribution is -0.145. The number of hydrogen-bond donors (Lipinski definition) is 2. The average Bonchev–Trinajstić information content (AvgIpc) is 2.86. The smallest absolute Gasteiger partial charge is 0.307 e. The van der Waals surface area contributed by atoms with E-state index in [9.17, 15) is 14.7 Å². The molecular formula is C15H17BrClNO3. The summed E-state index contributed by atoms with van der Waals surface area (Å²) in [5, 5.41) is 12.7. The summed E-state index contributed by atoms with van der Waals surface area (Å²) in [6.45, 7) is 2.03. The predicted molar refractivity (Wildman–Crippen MR) is 85.4 cm³/mol. The third kappa shape index (κ3) is 3.77. The largest absolute Gasteiger partial charge is 0.481 e. The molecule has 0 spiro atoms. The minimum absolute atomic E-state index is 0.235. The number of aliphatic carboxylic acids is 1. The summed E-state index contributed by atoms with van der Waals surface area (Å²) in [6.07, 6.45) is 2.11. The van der Waals surface area contributed by atoms with Crippen molar-refractivity contribution in [1.29, 1.82) is 0 Å². The van der Waals surface area contributed by atoms with Gasteiger partial charge in [0.15, 0.2) is 0 Å². The van der Waals surface area contributed by atoms with Crippen molar-refractivity contribution < 1.29 is 14.7 Å². The fourth-order valence-electron chi connectivity index (χ4n) is 2.86. The van der Waals surface area contributed by atoms with Gasteiger partial charge in [0.2, 0.25) is 5.91 Å². The van der Waals surface area contributed by atoms with E-state index in [0.29, 0.717) is 33.9 Å². The second-order valence-corrected chi connectivity index (χ2v) is 6.70. The molecule has 21 heavy (non-hydrogen) atoms. The molecule has 0 bridgehead atoms. The van der Waals surface area contributed by atoms with Crippen LogP contribution in [0.2, 0.25) is 5.02 Å². The van der Waals surface area contributed by atoms with E-state index in [1.54, 1.807) is 18.2 Å². The number of carboxylic acids is 1. The van der Waals surface area contributed by atoms with Gasteiger partial charge >= 0.3 is 5.97 Å². The Bertz CT molecular complexity index is 564. The summed E-state index contributed by atoms with van der Waals surface area (Å²) in [5.74, 6) is -1.89. The Hall–Kier alpha value is -1.07. The highest BCUT2D eigenvalue weighted by Crippen LogP contribution is 2.39. The fraction of sp³-hybridized carbons (Fsp3) is 0.467. The molecule has 0 heterocycles. The number of halogens is 2. The van der Waals surface area contributed by atoms with E-state index in [1.807, 2.05) is 6.92 Å². The lowest BCUT2D eigenvalue weighted by Crippen LogP contribution is -2.30. The summed E-state index contributed by atoms with van der Waals surface area (Å²) in [5.41, 5.74) is 0.605. The molecule has 0 saturated heterocycles. The van der Waals surface area contributed by atoms with E-state index in [1.165, 1.54) is 0 Å². The zero-order valence-corrected chi connectivity index (χ0v) is 13.9. The molecule has 114 valence electrons. The first-order chi connectivity index (χ1) is 9.92.